The van der Waals surface area contributed by atoms with Crippen LogP contribution in [0, 0.1) is 5.92 Å². The number of aliphatic hydroxyl groups is 1. The number of hydrogen-bond acceptors (Lipinski definition) is 4. The summed E-state index contributed by atoms with van der Waals surface area (Å²) in [6.45, 7) is 6.54. The Morgan fingerprint density at radius 1 is 1.38 bits per heavy atom. The predicted octanol–water partition coefficient (Wildman–Crippen LogP) is 0.373. The number of amides is 2. The molecule has 0 saturated carbocycles. The van der Waals surface area contributed by atoms with E-state index in [9.17, 15) is 19.8 Å². The molecule has 0 aromatic rings. The Bertz CT molecular complexity index is 426. The van der Waals surface area contributed by atoms with Gasteiger partial charge in [-0.05, 0) is 26.2 Å². The van der Waals surface area contributed by atoms with Crippen molar-refractivity contribution < 1.29 is 24.5 Å². The minimum atomic E-state index is -0.959. The molecule has 2 saturated heterocycles. The molecule has 0 aromatic heterocycles. The van der Waals surface area contributed by atoms with E-state index in [-0.39, 0.29) is 25.1 Å². The van der Waals surface area contributed by atoms with Gasteiger partial charge in [-0.15, -0.1) is 0 Å². The SMILES string of the molecule is CC1CCN(C(=O)N2CC(CO)OC(C)(C)C2)C1C(=O)O. The molecule has 0 aromatic carbocycles. The molecular weight excluding hydrogens is 276 g/mol. The number of rotatable bonds is 2. The Kier molecular flexibility index (Phi) is 4.43. The van der Waals surface area contributed by atoms with E-state index >= 15 is 0 Å². The predicted molar refractivity (Wildman–Crippen MR) is 74.9 cm³/mol. The summed E-state index contributed by atoms with van der Waals surface area (Å²) >= 11 is 0. The molecular formula is C14H24N2O5. The highest BCUT2D eigenvalue weighted by molar-refractivity contribution is 5.83. The van der Waals surface area contributed by atoms with Crippen LogP contribution in [0.25, 0.3) is 0 Å². The van der Waals surface area contributed by atoms with Crippen molar-refractivity contribution in [1.82, 2.24) is 9.80 Å². The fourth-order valence-corrected chi connectivity index (χ4v) is 3.26. The van der Waals surface area contributed by atoms with Gasteiger partial charge in [0.15, 0.2) is 0 Å². The van der Waals surface area contributed by atoms with Crippen molar-refractivity contribution in [3.05, 3.63) is 0 Å². The smallest absolute Gasteiger partial charge is 0.326 e. The lowest BCUT2D eigenvalue weighted by atomic mass is 10.0. The Morgan fingerprint density at radius 2 is 2.05 bits per heavy atom. The number of urea groups is 1. The second-order valence-electron chi connectivity index (χ2n) is 6.59. The van der Waals surface area contributed by atoms with Crippen molar-refractivity contribution in [1.29, 1.82) is 0 Å². The molecule has 2 fully saturated rings. The van der Waals surface area contributed by atoms with Crippen LogP contribution in [-0.4, -0.2) is 76.0 Å². The molecule has 7 nitrogen and oxygen atoms in total. The highest BCUT2D eigenvalue weighted by atomic mass is 16.5. The van der Waals surface area contributed by atoms with E-state index in [1.165, 1.54) is 4.90 Å². The van der Waals surface area contributed by atoms with E-state index in [1.54, 1.807) is 4.90 Å². The lowest BCUT2D eigenvalue weighted by Crippen LogP contribution is -2.59. The average molecular weight is 300 g/mol. The number of aliphatic carboxylic acids is 1. The molecule has 0 bridgehead atoms. The number of hydrogen-bond donors (Lipinski definition) is 2. The molecule has 2 aliphatic rings. The van der Waals surface area contributed by atoms with E-state index in [0.29, 0.717) is 19.5 Å². The van der Waals surface area contributed by atoms with Crippen LogP contribution < -0.4 is 0 Å². The molecule has 7 heteroatoms. The minimum Gasteiger partial charge on any atom is -0.480 e. The van der Waals surface area contributed by atoms with Gasteiger partial charge in [0.1, 0.15) is 6.04 Å². The Hall–Kier alpha value is -1.34. The van der Waals surface area contributed by atoms with Gasteiger partial charge in [0.2, 0.25) is 0 Å². The third-order valence-electron chi connectivity index (χ3n) is 4.15. The fraction of sp³-hybridized carbons (Fsp3) is 0.857. The lowest BCUT2D eigenvalue weighted by molar-refractivity contribution is -0.146. The summed E-state index contributed by atoms with van der Waals surface area (Å²) in [5.74, 6) is -1.01. The maximum atomic E-state index is 12.7. The second kappa shape index (κ2) is 5.81. The topological polar surface area (TPSA) is 90.3 Å². The molecule has 120 valence electrons. The molecule has 3 atom stereocenters. The standard InChI is InChI=1S/C14H24N2O5/c1-9-4-5-16(11(9)12(18)19)13(20)15-6-10(7-17)21-14(2,3)8-15/h9-11,17H,4-8H2,1-3H3,(H,18,19). The first-order valence-corrected chi connectivity index (χ1v) is 7.32. The molecule has 2 heterocycles. The first-order chi connectivity index (χ1) is 9.75. The number of likely N-dealkylation sites (tertiary alicyclic amines) is 1. The largest absolute Gasteiger partial charge is 0.480 e. The first kappa shape index (κ1) is 16.0. The third kappa shape index (κ3) is 3.29. The zero-order valence-electron chi connectivity index (χ0n) is 12.8. The zero-order chi connectivity index (χ0) is 15.8. The van der Waals surface area contributed by atoms with Gasteiger partial charge in [0.25, 0.3) is 0 Å². The van der Waals surface area contributed by atoms with Crippen molar-refractivity contribution in [2.24, 2.45) is 5.92 Å². The van der Waals surface area contributed by atoms with Gasteiger partial charge in [0, 0.05) is 6.54 Å². The fourth-order valence-electron chi connectivity index (χ4n) is 3.26. The summed E-state index contributed by atoms with van der Waals surface area (Å²) in [6.07, 6.45) is 0.265. The molecule has 2 rings (SSSR count). The van der Waals surface area contributed by atoms with Gasteiger partial charge in [-0.2, -0.15) is 0 Å². The van der Waals surface area contributed by atoms with Crippen LogP contribution >= 0.6 is 0 Å². The Labute approximate surface area is 124 Å². The van der Waals surface area contributed by atoms with E-state index in [1.807, 2.05) is 20.8 Å². The average Bonchev–Trinajstić information content (AvgIpc) is 2.77. The number of ether oxygens (including phenoxy) is 1. The number of carboxylic acid groups (broad SMARTS) is 1. The summed E-state index contributed by atoms with van der Waals surface area (Å²) < 4.78 is 5.68. The summed E-state index contributed by atoms with van der Waals surface area (Å²) in [7, 11) is 0. The van der Waals surface area contributed by atoms with Crippen molar-refractivity contribution in [2.75, 3.05) is 26.2 Å². The summed E-state index contributed by atoms with van der Waals surface area (Å²) in [4.78, 5) is 27.1. The molecule has 2 N–H and O–H groups in total. The van der Waals surface area contributed by atoms with E-state index < -0.39 is 23.7 Å². The van der Waals surface area contributed by atoms with Crippen LogP contribution in [-0.2, 0) is 9.53 Å². The molecule has 3 unspecified atom stereocenters. The molecule has 0 radical (unpaired) electrons. The van der Waals surface area contributed by atoms with Crippen LogP contribution in [0.3, 0.4) is 0 Å². The normalized spacial score (nSPS) is 32.3. The van der Waals surface area contributed by atoms with Crippen LogP contribution in [0.2, 0.25) is 0 Å². The van der Waals surface area contributed by atoms with Crippen molar-refractivity contribution in [3.8, 4) is 0 Å². The van der Waals surface area contributed by atoms with Crippen LogP contribution in [0.5, 0.6) is 0 Å². The molecule has 21 heavy (non-hydrogen) atoms. The molecule has 0 aliphatic carbocycles. The first-order valence-electron chi connectivity index (χ1n) is 7.32. The van der Waals surface area contributed by atoms with Crippen molar-refractivity contribution >= 4 is 12.0 Å². The summed E-state index contributed by atoms with van der Waals surface area (Å²) in [6, 6.07) is -1.04. The van der Waals surface area contributed by atoms with Crippen molar-refractivity contribution in [2.45, 2.75) is 44.9 Å². The number of carboxylic acids is 1. The molecule has 0 spiro atoms. The van der Waals surface area contributed by atoms with Crippen LogP contribution in [0.15, 0.2) is 0 Å². The highest BCUT2D eigenvalue weighted by Crippen LogP contribution is 2.28. The van der Waals surface area contributed by atoms with Gasteiger partial charge < -0.3 is 24.7 Å². The van der Waals surface area contributed by atoms with E-state index in [2.05, 4.69) is 0 Å². The van der Waals surface area contributed by atoms with Gasteiger partial charge in [-0.1, -0.05) is 6.92 Å². The zero-order valence-corrected chi connectivity index (χ0v) is 12.8. The quantitative estimate of drug-likeness (QED) is 0.769. The Balaban J connectivity index is 2.13. The van der Waals surface area contributed by atoms with Crippen molar-refractivity contribution in [3.63, 3.8) is 0 Å². The summed E-state index contributed by atoms with van der Waals surface area (Å²) in [5.41, 5.74) is -0.550. The maximum Gasteiger partial charge on any atom is 0.326 e. The van der Waals surface area contributed by atoms with Gasteiger partial charge in [-0.25, -0.2) is 9.59 Å². The van der Waals surface area contributed by atoms with Gasteiger partial charge in [-0.3, -0.25) is 0 Å². The van der Waals surface area contributed by atoms with Crippen LogP contribution in [0.1, 0.15) is 27.2 Å². The third-order valence-corrected chi connectivity index (χ3v) is 4.15. The maximum absolute atomic E-state index is 12.7. The number of morpholine rings is 1. The number of carbonyl (C=O) groups excluding carboxylic acids is 1. The molecule has 2 aliphatic heterocycles. The second-order valence-corrected chi connectivity index (χ2v) is 6.59. The van der Waals surface area contributed by atoms with E-state index in [4.69, 9.17) is 4.74 Å². The Morgan fingerprint density at radius 3 is 2.62 bits per heavy atom. The minimum absolute atomic E-state index is 0.0471. The number of nitrogens with zero attached hydrogens (tertiary/aromatic N) is 2. The summed E-state index contributed by atoms with van der Waals surface area (Å²) in [5, 5.41) is 18.6. The van der Waals surface area contributed by atoms with Gasteiger partial charge >= 0.3 is 12.0 Å². The lowest BCUT2D eigenvalue weighted by Gasteiger charge is -2.43. The molecule has 2 amide bonds. The monoisotopic (exact) mass is 300 g/mol. The number of carbonyl (C=O) groups is 2. The number of aliphatic hydroxyl groups excluding tert-OH is 1. The highest BCUT2D eigenvalue weighted by Gasteiger charge is 2.44. The van der Waals surface area contributed by atoms with Crippen LogP contribution in [0.4, 0.5) is 4.79 Å². The van der Waals surface area contributed by atoms with E-state index in [0.717, 1.165) is 0 Å². The van der Waals surface area contributed by atoms with Gasteiger partial charge in [0.05, 0.1) is 31.4 Å².